The molecule has 0 unspecified atom stereocenters. The van der Waals surface area contributed by atoms with E-state index >= 15 is 0 Å². The van der Waals surface area contributed by atoms with Crippen LogP contribution >= 0.6 is 0 Å². The number of carboxylic acid groups (broad SMARTS) is 1. The third-order valence-corrected chi connectivity index (χ3v) is 2.22. The van der Waals surface area contributed by atoms with Crippen molar-refractivity contribution in [3.8, 4) is 0 Å². The van der Waals surface area contributed by atoms with Gasteiger partial charge in [-0.25, -0.2) is 0 Å². The van der Waals surface area contributed by atoms with E-state index in [0.29, 0.717) is 0 Å². The normalized spacial score (nSPS) is 11.2. The van der Waals surface area contributed by atoms with Crippen molar-refractivity contribution in [2.24, 2.45) is 0 Å². The molecule has 15 heavy (non-hydrogen) atoms. The monoisotopic (exact) mass is 217 g/mol. The molecule has 0 saturated carbocycles. The fourth-order valence-corrected chi connectivity index (χ4v) is 0.959. The lowest BCUT2D eigenvalue weighted by molar-refractivity contribution is -0.139. The molecule has 0 radical (unpaired) electrons. The molecule has 0 rings (SSSR count). The second-order valence-electron chi connectivity index (χ2n) is 4.10. The maximum Gasteiger partial charge on any atom is 0.305 e. The fraction of sp³-hybridized carbons (Fsp3) is 0.800. The molecule has 5 nitrogen and oxygen atoms in total. The van der Waals surface area contributed by atoms with Crippen LogP contribution in [0, 0.1) is 0 Å². The topological polar surface area (TPSA) is 66.8 Å². The Hall–Kier alpha value is -1.10. The summed E-state index contributed by atoms with van der Waals surface area (Å²) in [5.41, 5.74) is -0.505. The second kappa shape index (κ2) is 5.70. The summed E-state index contributed by atoms with van der Waals surface area (Å²) < 4.78 is 5.12. The molecule has 0 fully saturated rings. The maximum atomic E-state index is 11.6. The lowest BCUT2D eigenvalue weighted by atomic mass is 10.0. The molecule has 0 aromatic heterocycles. The SMILES string of the molecule is COC(C)(C)CC(=O)N(C)CCC(=O)O. The molecule has 0 aromatic carbocycles. The number of amides is 1. The molecule has 0 aliphatic rings. The minimum Gasteiger partial charge on any atom is -0.481 e. The average Bonchev–Trinajstić information content (AvgIpc) is 2.13. The van der Waals surface area contributed by atoms with E-state index in [0.717, 1.165) is 0 Å². The summed E-state index contributed by atoms with van der Waals surface area (Å²) in [6.07, 6.45) is 0.218. The zero-order chi connectivity index (χ0) is 12.1. The first-order valence-electron chi connectivity index (χ1n) is 4.79. The summed E-state index contributed by atoms with van der Waals surface area (Å²) in [5.74, 6) is -1.01. The van der Waals surface area contributed by atoms with Gasteiger partial charge in [-0.1, -0.05) is 0 Å². The second-order valence-corrected chi connectivity index (χ2v) is 4.10. The number of hydrogen-bond acceptors (Lipinski definition) is 3. The van der Waals surface area contributed by atoms with E-state index in [4.69, 9.17) is 9.84 Å². The Balaban J connectivity index is 4.04. The van der Waals surface area contributed by atoms with Gasteiger partial charge in [-0.2, -0.15) is 0 Å². The molecule has 0 aromatic rings. The number of carbonyl (C=O) groups excluding carboxylic acids is 1. The summed E-state index contributed by atoms with van der Waals surface area (Å²) >= 11 is 0. The number of methoxy groups -OCH3 is 1. The highest BCUT2D eigenvalue weighted by molar-refractivity contribution is 5.77. The van der Waals surface area contributed by atoms with Crippen LogP contribution in [0.4, 0.5) is 0 Å². The summed E-state index contributed by atoms with van der Waals surface area (Å²) in [6.45, 7) is 3.86. The molecular formula is C10H19NO4. The number of aliphatic carboxylic acids is 1. The van der Waals surface area contributed by atoms with E-state index in [1.165, 1.54) is 4.90 Å². The molecule has 0 saturated heterocycles. The Morgan fingerprint density at radius 1 is 1.40 bits per heavy atom. The molecule has 0 atom stereocenters. The largest absolute Gasteiger partial charge is 0.481 e. The lowest BCUT2D eigenvalue weighted by Gasteiger charge is -2.25. The summed E-state index contributed by atoms with van der Waals surface area (Å²) in [7, 11) is 3.14. The first-order chi connectivity index (χ1) is 6.78. The standard InChI is InChI=1S/C10H19NO4/c1-10(2,15-4)7-8(12)11(3)6-5-9(13)14/h5-7H2,1-4H3,(H,13,14). The van der Waals surface area contributed by atoms with Gasteiger partial charge in [0.1, 0.15) is 0 Å². The van der Waals surface area contributed by atoms with Crippen molar-refractivity contribution in [3.63, 3.8) is 0 Å². The Bertz CT molecular complexity index is 238. The van der Waals surface area contributed by atoms with Crippen LogP contribution in [-0.4, -0.2) is 48.2 Å². The van der Waals surface area contributed by atoms with Crippen molar-refractivity contribution >= 4 is 11.9 Å². The Kier molecular flexibility index (Phi) is 5.28. The highest BCUT2D eigenvalue weighted by atomic mass is 16.5. The summed E-state index contributed by atoms with van der Waals surface area (Å²) in [6, 6.07) is 0. The number of nitrogens with zero attached hydrogens (tertiary/aromatic N) is 1. The first kappa shape index (κ1) is 13.9. The predicted molar refractivity (Wildman–Crippen MR) is 55.6 cm³/mol. The Labute approximate surface area is 90.0 Å². The molecular weight excluding hydrogens is 198 g/mol. The van der Waals surface area contributed by atoms with Crippen LogP contribution in [0.3, 0.4) is 0 Å². The molecule has 1 amide bonds. The van der Waals surface area contributed by atoms with Gasteiger partial charge in [-0.3, -0.25) is 9.59 Å². The zero-order valence-corrected chi connectivity index (χ0v) is 9.74. The van der Waals surface area contributed by atoms with Crippen molar-refractivity contribution in [2.45, 2.75) is 32.3 Å². The van der Waals surface area contributed by atoms with Gasteiger partial charge < -0.3 is 14.7 Å². The lowest BCUT2D eigenvalue weighted by Crippen LogP contribution is -2.36. The minimum absolute atomic E-state index is 0.0321. The first-order valence-corrected chi connectivity index (χ1v) is 4.79. The summed E-state index contributed by atoms with van der Waals surface area (Å²) in [5, 5.41) is 8.46. The van der Waals surface area contributed by atoms with Crippen LogP contribution < -0.4 is 0 Å². The number of rotatable bonds is 6. The maximum absolute atomic E-state index is 11.6. The van der Waals surface area contributed by atoms with Crippen molar-refractivity contribution in [1.29, 1.82) is 0 Å². The number of carboxylic acids is 1. The van der Waals surface area contributed by atoms with E-state index in [2.05, 4.69) is 0 Å². The van der Waals surface area contributed by atoms with Crippen LogP contribution in [0.2, 0.25) is 0 Å². The number of ether oxygens (including phenoxy) is 1. The third-order valence-electron chi connectivity index (χ3n) is 2.22. The fourth-order valence-electron chi connectivity index (χ4n) is 0.959. The van der Waals surface area contributed by atoms with Gasteiger partial charge in [0.05, 0.1) is 18.4 Å². The molecule has 1 N–H and O–H groups in total. The van der Waals surface area contributed by atoms with Gasteiger partial charge in [0, 0.05) is 20.7 Å². The molecule has 0 bridgehead atoms. The quantitative estimate of drug-likeness (QED) is 0.712. The van der Waals surface area contributed by atoms with Gasteiger partial charge in [-0.05, 0) is 13.8 Å². The van der Waals surface area contributed by atoms with E-state index < -0.39 is 11.6 Å². The van der Waals surface area contributed by atoms with Crippen LogP contribution in [-0.2, 0) is 14.3 Å². The van der Waals surface area contributed by atoms with E-state index in [1.54, 1.807) is 14.2 Å². The predicted octanol–water partition coefficient (Wildman–Crippen LogP) is 0.735. The third kappa shape index (κ3) is 6.06. The van der Waals surface area contributed by atoms with Crippen LogP contribution in [0.15, 0.2) is 0 Å². The van der Waals surface area contributed by atoms with Crippen molar-refractivity contribution in [1.82, 2.24) is 4.90 Å². The molecule has 0 aliphatic carbocycles. The molecule has 88 valence electrons. The van der Waals surface area contributed by atoms with Gasteiger partial charge >= 0.3 is 5.97 Å². The highest BCUT2D eigenvalue weighted by Crippen LogP contribution is 2.14. The Morgan fingerprint density at radius 3 is 2.33 bits per heavy atom. The average molecular weight is 217 g/mol. The van der Waals surface area contributed by atoms with Crippen LogP contribution in [0.5, 0.6) is 0 Å². The Morgan fingerprint density at radius 2 is 1.93 bits per heavy atom. The van der Waals surface area contributed by atoms with E-state index in [-0.39, 0.29) is 25.3 Å². The summed E-state index contributed by atoms with van der Waals surface area (Å²) in [4.78, 5) is 23.3. The van der Waals surface area contributed by atoms with Crippen molar-refractivity contribution < 1.29 is 19.4 Å². The van der Waals surface area contributed by atoms with Gasteiger partial charge in [0.15, 0.2) is 0 Å². The van der Waals surface area contributed by atoms with Gasteiger partial charge in [0.2, 0.25) is 5.91 Å². The van der Waals surface area contributed by atoms with Crippen LogP contribution in [0.1, 0.15) is 26.7 Å². The van der Waals surface area contributed by atoms with Crippen LogP contribution in [0.25, 0.3) is 0 Å². The van der Waals surface area contributed by atoms with Gasteiger partial charge in [0.25, 0.3) is 0 Å². The molecule has 0 heterocycles. The van der Waals surface area contributed by atoms with Gasteiger partial charge in [-0.15, -0.1) is 0 Å². The van der Waals surface area contributed by atoms with E-state index in [1.807, 2.05) is 13.8 Å². The van der Waals surface area contributed by atoms with Crippen molar-refractivity contribution in [2.75, 3.05) is 20.7 Å². The molecule has 5 heteroatoms. The smallest absolute Gasteiger partial charge is 0.305 e. The number of hydrogen-bond donors (Lipinski definition) is 1. The molecule has 0 aliphatic heterocycles. The van der Waals surface area contributed by atoms with E-state index in [9.17, 15) is 9.59 Å². The highest BCUT2D eigenvalue weighted by Gasteiger charge is 2.23. The minimum atomic E-state index is -0.902. The van der Waals surface area contributed by atoms with Crippen molar-refractivity contribution in [3.05, 3.63) is 0 Å². The molecule has 0 spiro atoms. The zero-order valence-electron chi connectivity index (χ0n) is 9.74. The number of carbonyl (C=O) groups is 2.